The molecule has 6 heteroatoms. The summed E-state index contributed by atoms with van der Waals surface area (Å²) in [4.78, 5) is 0. The van der Waals surface area contributed by atoms with E-state index in [2.05, 4.69) is 44.5 Å². The van der Waals surface area contributed by atoms with E-state index >= 15 is 0 Å². The molecule has 2 atom stereocenters. The maximum atomic E-state index is 6.20. The topological polar surface area (TPSA) is 40.2 Å². The van der Waals surface area contributed by atoms with Crippen molar-refractivity contribution < 1.29 is 18.5 Å². The van der Waals surface area contributed by atoms with Crippen molar-refractivity contribution >= 4 is 8.53 Å². The molecular weight excluding hydrogens is 337 g/mol. The van der Waals surface area contributed by atoms with Crippen LogP contribution in [0.1, 0.15) is 47.1 Å². The van der Waals surface area contributed by atoms with Gasteiger partial charge in [0.05, 0.1) is 19.8 Å². The van der Waals surface area contributed by atoms with Crippen LogP contribution in [0.2, 0.25) is 0 Å². The SMILES string of the molecule is CC(C)N(C(C)C)P(OCc1ccccc1)OC[C@H]1COC(C)(C)O1. The molecule has 0 radical (unpaired) electrons. The van der Waals surface area contributed by atoms with E-state index in [0.29, 0.717) is 31.9 Å². The van der Waals surface area contributed by atoms with Gasteiger partial charge in [-0.1, -0.05) is 30.3 Å². The number of hydrogen-bond acceptors (Lipinski definition) is 5. The number of nitrogens with zero attached hydrogens (tertiary/aromatic N) is 1. The fourth-order valence-corrected chi connectivity index (χ4v) is 4.49. The van der Waals surface area contributed by atoms with E-state index in [4.69, 9.17) is 18.5 Å². The lowest BCUT2D eigenvalue weighted by Crippen LogP contribution is -2.34. The molecule has 0 aliphatic carbocycles. The first-order valence-electron chi connectivity index (χ1n) is 8.98. The number of rotatable bonds is 9. The van der Waals surface area contributed by atoms with Gasteiger partial charge in [-0.05, 0) is 47.1 Å². The molecule has 0 N–H and O–H groups in total. The van der Waals surface area contributed by atoms with Gasteiger partial charge >= 0.3 is 0 Å². The van der Waals surface area contributed by atoms with E-state index in [1.54, 1.807) is 0 Å². The molecule has 0 bridgehead atoms. The van der Waals surface area contributed by atoms with Gasteiger partial charge in [-0.3, -0.25) is 0 Å². The normalized spacial score (nSPS) is 21.4. The van der Waals surface area contributed by atoms with Crippen molar-refractivity contribution in [3.05, 3.63) is 35.9 Å². The summed E-state index contributed by atoms with van der Waals surface area (Å²) in [7, 11) is -1.18. The fraction of sp³-hybridized carbons (Fsp3) is 0.684. The first-order valence-corrected chi connectivity index (χ1v) is 10.1. The molecule has 0 saturated carbocycles. The van der Waals surface area contributed by atoms with E-state index < -0.39 is 14.3 Å². The van der Waals surface area contributed by atoms with Crippen molar-refractivity contribution in [3.8, 4) is 0 Å². The minimum absolute atomic E-state index is 0.0542. The van der Waals surface area contributed by atoms with Gasteiger partial charge in [0, 0.05) is 12.1 Å². The van der Waals surface area contributed by atoms with Crippen molar-refractivity contribution in [3.63, 3.8) is 0 Å². The van der Waals surface area contributed by atoms with Gasteiger partial charge in [-0.15, -0.1) is 0 Å². The van der Waals surface area contributed by atoms with E-state index in [9.17, 15) is 0 Å². The molecule has 0 spiro atoms. The van der Waals surface area contributed by atoms with Gasteiger partial charge in [0.1, 0.15) is 6.10 Å². The van der Waals surface area contributed by atoms with E-state index in [1.807, 2.05) is 32.0 Å². The van der Waals surface area contributed by atoms with Gasteiger partial charge in [-0.2, -0.15) is 0 Å². The Kier molecular flexibility index (Phi) is 7.81. The van der Waals surface area contributed by atoms with Crippen LogP contribution in [0.15, 0.2) is 30.3 Å². The Bertz CT molecular complexity index is 501. The molecule has 0 amide bonds. The van der Waals surface area contributed by atoms with Crippen LogP contribution in [-0.4, -0.2) is 41.9 Å². The van der Waals surface area contributed by atoms with Crippen LogP contribution < -0.4 is 0 Å². The summed E-state index contributed by atoms with van der Waals surface area (Å²) in [6, 6.07) is 10.9. The zero-order chi connectivity index (χ0) is 18.4. The number of hydrogen-bond donors (Lipinski definition) is 0. The summed E-state index contributed by atoms with van der Waals surface area (Å²) in [5.74, 6) is -0.530. The van der Waals surface area contributed by atoms with Crippen LogP contribution in [0.3, 0.4) is 0 Å². The minimum Gasteiger partial charge on any atom is -0.348 e. The highest BCUT2D eigenvalue weighted by atomic mass is 31.2. The molecule has 1 aromatic rings. The molecule has 1 aliphatic heterocycles. The molecule has 1 fully saturated rings. The van der Waals surface area contributed by atoms with E-state index in [1.165, 1.54) is 0 Å². The maximum absolute atomic E-state index is 6.20. The molecule has 1 heterocycles. The molecule has 5 nitrogen and oxygen atoms in total. The average molecular weight is 369 g/mol. The zero-order valence-corrected chi connectivity index (χ0v) is 17.2. The third-order valence-corrected chi connectivity index (χ3v) is 5.89. The van der Waals surface area contributed by atoms with Gasteiger partial charge in [0.25, 0.3) is 8.53 Å². The minimum atomic E-state index is -1.18. The molecule has 2 rings (SSSR count). The lowest BCUT2D eigenvalue weighted by atomic mass is 10.2. The second-order valence-corrected chi connectivity index (χ2v) is 8.76. The van der Waals surface area contributed by atoms with Crippen molar-refractivity contribution in [2.75, 3.05) is 13.2 Å². The van der Waals surface area contributed by atoms with Crippen LogP contribution in [0.4, 0.5) is 0 Å². The summed E-state index contributed by atoms with van der Waals surface area (Å²) >= 11 is 0. The van der Waals surface area contributed by atoms with Crippen molar-refractivity contribution in [2.24, 2.45) is 0 Å². The Morgan fingerprint density at radius 3 is 2.28 bits per heavy atom. The fourth-order valence-electron chi connectivity index (χ4n) is 2.84. The Morgan fingerprint density at radius 2 is 1.76 bits per heavy atom. The highest BCUT2D eigenvalue weighted by molar-refractivity contribution is 7.44. The van der Waals surface area contributed by atoms with Gasteiger partial charge in [0.15, 0.2) is 5.79 Å². The molecule has 25 heavy (non-hydrogen) atoms. The predicted octanol–water partition coefficient (Wildman–Crippen LogP) is 4.72. The Hall–Kier alpha value is -0.550. The number of benzene rings is 1. The summed E-state index contributed by atoms with van der Waals surface area (Å²) in [5.41, 5.74) is 1.15. The van der Waals surface area contributed by atoms with E-state index in [-0.39, 0.29) is 6.10 Å². The molecule has 0 aromatic heterocycles. The molecule has 1 aliphatic rings. The van der Waals surface area contributed by atoms with Crippen LogP contribution in [0, 0.1) is 0 Å². The monoisotopic (exact) mass is 369 g/mol. The standard InChI is InChI=1S/C19H32NO4P/c1-15(2)20(16(3)4)25(22-12-17-10-8-7-9-11-17)23-14-18-13-21-19(5,6)24-18/h7-11,15-16,18H,12-14H2,1-6H3/t18-,25?/m1/s1. The smallest absolute Gasteiger partial charge is 0.259 e. The Balaban J connectivity index is 1.98. The lowest BCUT2D eigenvalue weighted by Gasteiger charge is -2.36. The molecule has 1 aromatic carbocycles. The first-order chi connectivity index (χ1) is 11.8. The average Bonchev–Trinajstić information content (AvgIpc) is 2.89. The first kappa shape index (κ1) is 20.8. The molecule has 1 unspecified atom stereocenters. The van der Waals surface area contributed by atoms with Crippen LogP contribution in [0.25, 0.3) is 0 Å². The van der Waals surface area contributed by atoms with Crippen molar-refractivity contribution in [1.29, 1.82) is 0 Å². The van der Waals surface area contributed by atoms with Crippen LogP contribution >= 0.6 is 8.53 Å². The Morgan fingerprint density at radius 1 is 1.12 bits per heavy atom. The third-order valence-electron chi connectivity index (χ3n) is 3.87. The third kappa shape index (κ3) is 6.59. The highest BCUT2D eigenvalue weighted by Gasteiger charge is 2.35. The van der Waals surface area contributed by atoms with Crippen LogP contribution in [-0.2, 0) is 25.1 Å². The largest absolute Gasteiger partial charge is 0.348 e. The summed E-state index contributed by atoms with van der Waals surface area (Å²) in [6.45, 7) is 14.1. The number of ether oxygens (including phenoxy) is 2. The lowest BCUT2D eigenvalue weighted by molar-refractivity contribution is -0.141. The van der Waals surface area contributed by atoms with Gasteiger partial charge < -0.3 is 18.5 Å². The van der Waals surface area contributed by atoms with Gasteiger partial charge in [0.2, 0.25) is 0 Å². The molecule has 142 valence electrons. The van der Waals surface area contributed by atoms with Gasteiger partial charge in [-0.25, -0.2) is 4.67 Å². The summed E-state index contributed by atoms with van der Waals surface area (Å²) in [5, 5.41) is 0. The maximum Gasteiger partial charge on any atom is 0.259 e. The highest BCUT2D eigenvalue weighted by Crippen LogP contribution is 2.47. The Labute approximate surface area is 153 Å². The zero-order valence-electron chi connectivity index (χ0n) is 16.3. The van der Waals surface area contributed by atoms with Crippen LogP contribution in [0.5, 0.6) is 0 Å². The summed E-state index contributed by atoms with van der Waals surface area (Å²) < 4.78 is 26.1. The van der Waals surface area contributed by atoms with E-state index in [0.717, 1.165) is 5.56 Å². The second kappa shape index (κ2) is 9.40. The predicted molar refractivity (Wildman–Crippen MR) is 101 cm³/mol. The molecular formula is C19H32NO4P. The molecule has 1 saturated heterocycles. The van der Waals surface area contributed by atoms with Crippen molar-refractivity contribution in [1.82, 2.24) is 4.67 Å². The summed E-state index contributed by atoms with van der Waals surface area (Å²) in [6.07, 6.45) is -0.0542. The second-order valence-electron chi connectivity index (χ2n) is 7.31. The quantitative estimate of drug-likeness (QED) is 0.589. The van der Waals surface area contributed by atoms with Crippen molar-refractivity contribution in [2.45, 2.75) is 72.1 Å².